The molecule has 1 N–H and O–H groups in total. The molecule has 4 rings (SSSR count). The van der Waals surface area contributed by atoms with Crippen LogP contribution in [0.1, 0.15) is 35.2 Å². The standard InChI is InChI=1S/C29H18Cl2F10N4O7/c30-18-2-1-14(7-17(18)23(48)44(25(12-42)4-5-25)13-51-24(49)50-6-3-21(46)47)15-10-43-45(11-15)22-19(31)8-16(9-20(22)52-29(39,40)41)26(32,27(33,34)35)28(36,37)38/h1-2,7-11H,3-6,13H2,(H,46,47). The number of carbonyl (C=O) groups excluding carboxylic acids is 2. The van der Waals surface area contributed by atoms with Crippen molar-refractivity contribution in [2.75, 3.05) is 13.3 Å². The zero-order valence-corrected chi connectivity index (χ0v) is 26.8. The van der Waals surface area contributed by atoms with E-state index in [0.29, 0.717) is 4.68 Å². The second kappa shape index (κ2) is 14.2. The van der Waals surface area contributed by atoms with E-state index in [1.807, 2.05) is 6.07 Å². The quantitative estimate of drug-likeness (QED) is 0.116. The molecule has 23 heteroatoms. The smallest absolute Gasteiger partial charge is 0.481 e. The SMILES string of the molecule is N#CC1(N(COC(=O)OCCC(=O)O)C(=O)c2cc(-c3cnn(-c4c(Cl)cc(C(F)(C(F)(F)F)C(F)(F)F)cc4OC(F)(F)F)c3)ccc2Cl)CC1. The Morgan fingerprint density at radius 3 is 2.12 bits per heavy atom. The van der Waals surface area contributed by atoms with Crippen LogP contribution in [-0.4, -0.2) is 75.4 Å². The van der Waals surface area contributed by atoms with Crippen LogP contribution < -0.4 is 4.74 Å². The molecule has 0 radical (unpaired) electrons. The van der Waals surface area contributed by atoms with Crippen LogP contribution in [0.5, 0.6) is 5.75 Å². The minimum Gasteiger partial charge on any atom is -0.481 e. The van der Waals surface area contributed by atoms with Gasteiger partial charge in [-0.3, -0.25) is 14.5 Å². The van der Waals surface area contributed by atoms with Crippen molar-refractivity contribution in [1.29, 1.82) is 5.26 Å². The van der Waals surface area contributed by atoms with E-state index in [-0.39, 0.29) is 40.6 Å². The maximum absolute atomic E-state index is 14.8. The number of aromatic nitrogens is 2. The topological polar surface area (TPSA) is 144 Å². The average molecular weight is 795 g/mol. The average Bonchev–Trinajstić information content (AvgIpc) is 3.66. The lowest BCUT2D eigenvalue weighted by Crippen LogP contribution is -2.50. The number of hydrogen-bond acceptors (Lipinski definition) is 8. The Hall–Kier alpha value is -4.97. The van der Waals surface area contributed by atoms with Gasteiger partial charge in [0.25, 0.3) is 5.91 Å². The van der Waals surface area contributed by atoms with Crippen molar-refractivity contribution in [2.45, 2.75) is 49.2 Å². The van der Waals surface area contributed by atoms with Crippen LogP contribution in [0.25, 0.3) is 16.8 Å². The van der Waals surface area contributed by atoms with Gasteiger partial charge < -0.3 is 19.3 Å². The molecule has 1 aromatic heterocycles. The molecule has 0 saturated heterocycles. The molecule has 0 atom stereocenters. The number of rotatable bonds is 11. The van der Waals surface area contributed by atoms with Crippen molar-refractivity contribution in [3.05, 3.63) is 63.9 Å². The molecule has 11 nitrogen and oxygen atoms in total. The zero-order chi connectivity index (χ0) is 39.0. The van der Waals surface area contributed by atoms with Crippen LogP contribution in [0.3, 0.4) is 0 Å². The third-order valence-electron chi connectivity index (χ3n) is 7.32. The first-order chi connectivity index (χ1) is 23.9. The van der Waals surface area contributed by atoms with E-state index < -0.39 is 95.8 Å². The van der Waals surface area contributed by atoms with E-state index in [2.05, 4.69) is 14.6 Å². The monoisotopic (exact) mass is 794 g/mol. The van der Waals surface area contributed by atoms with E-state index >= 15 is 0 Å². The van der Waals surface area contributed by atoms with Gasteiger partial charge in [0.05, 0.1) is 34.3 Å². The molecule has 0 aliphatic heterocycles. The van der Waals surface area contributed by atoms with Gasteiger partial charge in [-0.15, -0.1) is 13.2 Å². The molecule has 1 heterocycles. The molecule has 1 aliphatic rings. The van der Waals surface area contributed by atoms with E-state index in [1.54, 1.807) is 0 Å². The fourth-order valence-electron chi connectivity index (χ4n) is 4.61. The molecular formula is C29H18Cl2F10N4O7. The van der Waals surface area contributed by atoms with E-state index in [9.17, 15) is 63.5 Å². The molecule has 1 fully saturated rings. The third-order valence-corrected chi connectivity index (χ3v) is 7.93. The molecule has 2 aromatic carbocycles. The summed E-state index contributed by atoms with van der Waals surface area (Å²) in [5.41, 5.74) is -11.4. The molecular weight excluding hydrogens is 777 g/mol. The second-order valence-electron chi connectivity index (χ2n) is 10.8. The molecule has 0 bridgehead atoms. The lowest BCUT2D eigenvalue weighted by molar-refractivity contribution is -0.348. The van der Waals surface area contributed by atoms with Gasteiger partial charge >= 0.3 is 36.5 Å². The van der Waals surface area contributed by atoms with Gasteiger partial charge in [-0.05, 0) is 42.7 Å². The van der Waals surface area contributed by atoms with Crippen molar-refractivity contribution < 1.29 is 77.6 Å². The van der Waals surface area contributed by atoms with Gasteiger partial charge in [-0.1, -0.05) is 29.3 Å². The predicted octanol–water partition coefficient (Wildman–Crippen LogP) is 8.12. The van der Waals surface area contributed by atoms with Gasteiger partial charge in [0.2, 0.25) is 0 Å². The van der Waals surface area contributed by atoms with Gasteiger partial charge in [0, 0.05) is 17.3 Å². The van der Waals surface area contributed by atoms with Crippen molar-refractivity contribution in [3.63, 3.8) is 0 Å². The number of nitriles is 1. The summed E-state index contributed by atoms with van der Waals surface area (Å²) in [5.74, 6) is -4.05. The number of benzene rings is 2. The highest BCUT2D eigenvalue weighted by Gasteiger charge is 2.73. The fourth-order valence-corrected chi connectivity index (χ4v) is 5.11. The van der Waals surface area contributed by atoms with Crippen molar-refractivity contribution in [1.82, 2.24) is 14.7 Å². The van der Waals surface area contributed by atoms with Crippen LogP contribution in [0.15, 0.2) is 42.7 Å². The normalized spacial score (nSPS) is 14.3. The molecule has 1 saturated carbocycles. The number of amides is 1. The van der Waals surface area contributed by atoms with Gasteiger partial charge in [-0.25, -0.2) is 13.9 Å². The summed E-state index contributed by atoms with van der Waals surface area (Å²) in [6.45, 7) is -1.42. The van der Waals surface area contributed by atoms with Crippen molar-refractivity contribution >= 4 is 41.2 Å². The Morgan fingerprint density at radius 2 is 1.58 bits per heavy atom. The van der Waals surface area contributed by atoms with Gasteiger partial charge in [0.1, 0.15) is 17.8 Å². The number of hydrogen-bond donors (Lipinski definition) is 1. The summed E-state index contributed by atoms with van der Waals surface area (Å²) in [6.07, 6.45) is -19.0. The van der Waals surface area contributed by atoms with Crippen LogP contribution >= 0.6 is 23.2 Å². The summed E-state index contributed by atoms with van der Waals surface area (Å²) in [7, 11) is 0. The number of aliphatic carboxylic acids is 1. The van der Waals surface area contributed by atoms with E-state index in [1.165, 1.54) is 12.1 Å². The summed E-state index contributed by atoms with van der Waals surface area (Å²) in [6, 6.07) is 4.79. The summed E-state index contributed by atoms with van der Waals surface area (Å²) < 4.78 is 149. The number of ether oxygens (including phenoxy) is 3. The first-order valence-corrected chi connectivity index (χ1v) is 14.7. The maximum atomic E-state index is 14.8. The second-order valence-corrected chi connectivity index (χ2v) is 11.6. The highest BCUT2D eigenvalue weighted by molar-refractivity contribution is 6.34. The zero-order valence-electron chi connectivity index (χ0n) is 25.3. The minimum atomic E-state index is -6.70. The molecule has 1 aliphatic carbocycles. The Labute approximate surface area is 293 Å². The molecule has 280 valence electrons. The number of carboxylic acid groups (broad SMARTS) is 1. The molecule has 0 spiro atoms. The van der Waals surface area contributed by atoms with Crippen molar-refractivity contribution in [3.8, 4) is 28.6 Å². The molecule has 1 amide bonds. The Bertz CT molecular complexity index is 1910. The predicted molar refractivity (Wildman–Crippen MR) is 154 cm³/mol. The van der Waals surface area contributed by atoms with Crippen LogP contribution in [0, 0.1) is 11.3 Å². The van der Waals surface area contributed by atoms with Gasteiger partial charge in [0.15, 0.2) is 12.5 Å². The lowest BCUT2D eigenvalue weighted by Gasteiger charge is -2.31. The lowest BCUT2D eigenvalue weighted by atomic mass is 9.93. The molecule has 0 unspecified atom stereocenters. The largest absolute Gasteiger partial charge is 0.573 e. The Morgan fingerprint density at radius 1 is 0.942 bits per heavy atom. The number of nitrogens with zero attached hydrogens (tertiary/aromatic N) is 4. The van der Waals surface area contributed by atoms with Crippen LogP contribution in [0.4, 0.5) is 48.7 Å². The highest BCUT2D eigenvalue weighted by Crippen LogP contribution is 2.55. The van der Waals surface area contributed by atoms with E-state index in [4.69, 9.17) is 33.0 Å². The fraction of sp³-hybridized carbons (Fsp3) is 0.345. The first kappa shape index (κ1) is 39.8. The Kier molecular flexibility index (Phi) is 10.9. The van der Waals surface area contributed by atoms with Crippen molar-refractivity contribution in [2.24, 2.45) is 0 Å². The first-order valence-electron chi connectivity index (χ1n) is 14.0. The summed E-state index contributed by atoms with van der Waals surface area (Å²) in [5, 5.41) is 20.6. The number of alkyl halides is 10. The molecule has 52 heavy (non-hydrogen) atoms. The number of halogens is 12. The Balaban J connectivity index is 1.72. The molecule has 3 aromatic rings. The van der Waals surface area contributed by atoms with E-state index in [0.717, 1.165) is 23.4 Å². The number of carboxylic acids is 1. The van der Waals surface area contributed by atoms with Crippen LogP contribution in [-0.2, 0) is 19.9 Å². The van der Waals surface area contributed by atoms with Crippen LogP contribution in [0.2, 0.25) is 10.0 Å². The third kappa shape index (κ3) is 8.22. The number of carbonyl (C=O) groups is 3. The summed E-state index contributed by atoms with van der Waals surface area (Å²) in [4.78, 5) is 37.0. The summed E-state index contributed by atoms with van der Waals surface area (Å²) >= 11 is 12.1. The maximum Gasteiger partial charge on any atom is 0.573 e. The van der Waals surface area contributed by atoms with Gasteiger partial charge in [-0.2, -0.15) is 36.7 Å². The highest BCUT2D eigenvalue weighted by atomic mass is 35.5. The minimum absolute atomic E-state index is 0.0257.